The van der Waals surface area contributed by atoms with Crippen molar-refractivity contribution in [3.8, 4) is 0 Å². The molecule has 1 saturated carbocycles. The fraction of sp³-hybridized carbons (Fsp3) is 0.538. The Labute approximate surface area is 127 Å². The Kier molecular flexibility index (Phi) is 4.86. The molecule has 0 unspecified atom stereocenters. The highest BCUT2D eigenvalue weighted by atomic mass is 79.9. The number of hydrogen-bond donors (Lipinski definition) is 2. The molecule has 0 saturated heterocycles. The molecule has 7 heteroatoms. The molecule has 0 heterocycles. The number of benzene rings is 1. The van der Waals surface area contributed by atoms with E-state index in [2.05, 4.69) is 20.7 Å². The summed E-state index contributed by atoms with van der Waals surface area (Å²) in [5.41, 5.74) is 0.187. The van der Waals surface area contributed by atoms with Crippen LogP contribution in [0, 0.1) is 0 Å². The second-order valence-electron chi connectivity index (χ2n) is 4.99. The Morgan fingerprint density at radius 3 is 2.65 bits per heavy atom. The van der Waals surface area contributed by atoms with Gasteiger partial charge >= 0.3 is 0 Å². The van der Waals surface area contributed by atoms with Crippen LogP contribution in [0.25, 0.3) is 0 Å². The van der Waals surface area contributed by atoms with Gasteiger partial charge in [-0.3, -0.25) is 0 Å². The van der Waals surface area contributed by atoms with Gasteiger partial charge in [0.15, 0.2) is 0 Å². The van der Waals surface area contributed by atoms with Crippen LogP contribution in [-0.4, -0.2) is 32.8 Å². The van der Waals surface area contributed by atoms with Crippen LogP contribution >= 0.6 is 15.9 Å². The number of ether oxygens (including phenoxy) is 1. The van der Waals surface area contributed by atoms with E-state index >= 15 is 0 Å². The number of aliphatic hydroxyl groups is 1. The Morgan fingerprint density at radius 1 is 1.45 bits per heavy atom. The molecule has 0 radical (unpaired) electrons. The van der Waals surface area contributed by atoms with Crippen LogP contribution < -0.4 is 4.72 Å². The number of nitrogens with one attached hydrogen (secondary N) is 1. The summed E-state index contributed by atoms with van der Waals surface area (Å²) in [5.74, 6) is 0. The molecule has 1 aromatic carbocycles. The molecule has 1 fully saturated rings. The first-order valence-electron chi connectivity index (χ1n) is 6.36. The van der Waals surface area contributed by atoms with E-state index in [1.807, 2.05) is 0 Å². The largest absolute Gasteiger partial charge is 0.392 e. The molecule has 2 rings (SSSR count). The molecule has 0 atom stereocenters. The summed E-state index contributed by atoms with van der Waals surface area (Å²) in [6.07, 6.45) is 2.78. The van der Waals surface area contributed by atoms with Gasteiger partial charge in [0.2, 0.25) is 10.0 Å². The monoisotopic (exact) mass is 363 g/mol. The van der Waals surface area contributed by atoms with E-state index in [0.29, 0.717) is 10.0 Å². The summed E-state index contributed by atoms with van der Waals surface area (Å²) in [4.78, 5) is 0.134. The van der Waals surface area contributed by atoms with Crippen LogP contribution in [0.1, 0.15) is 24.8 Å². The van der Waals surface area contributed by atoms with Gasteiger partial charge in [-0.2, -0.15) is 0 Å². The molecule has 1 aliphatic carbocycles. The number of rotatable bonds is 6. The van der Waals surface area contributed by atoms with Gasteiger partial charge in [0.25, 0.3) is 0 Å². The maximum Gasteiger partial charge on any atom is 0.241 e. The second kappa shape index (κ2) is 6.11. The predicted molar refractivity (Wildman–Crippen MR) is 78.8 cm³/mol. The van der Waals surface area contributed by atoms with Crippen LogP contribution in [0.4, 0.5) is 0 Å². The van der Waals surface area contributed by atoms with Crippen molar-refractivity contribution in [1.29, 1.82) is 0 Å². The number of aliphatic hydroxyl groups excluding tert-OH is 1. The normalized spacial score (nSPS) is 17.8. The number of hydrogen-bond acceptors (Lipinski definition) is 4. The smallest absolute Gasteiger partial charge is 0.241 e. The minimum atomic E-state index is -3.63. The van der Waals surface area contributed by atoms with Crippen molar-refractivity contribution >= 4 is 26.0 Å². The van der Waals surface area contributed by atoms with E-state index < -0.39 is 10.0 Å². The van der Waals surface area contributed by atoms with Gasteiger partial charge in [-0.25, -0.2) is 13.1 Å². The maximum absolute atomic E-state index is 12.3. The zero-order valence-electron chi connectivity index (χ0n) is 11.2. The van der Waals surface area contributed by atoms with Crippen LogP contribution in [0.15, 0.2) is 27.6 Å². The molecule has 0 amide bonds. The average molecular weight is 364 g/mol. The van der Waals surface area contributed by atoms with Gasteiger partial charge in [-0.1, -0.05) is 6.07 Å². The molecular formula is C13H18BrNO4S. The van der Waals surface area contributed by atoms with Gasteiger partial charge < -0.3 is 9.84 Å². The molecule has 0 aromatic heterocycles. The molecule has 0 spiro atoms. The van der Waals surface area contributed by atoms with Gasteiger partial charge in [-0.15, -0.1) is 0 Å². The lowest BCUT2D eigenvalue weighted by Crippen LogP contribution is -2.49. The van der Waals surface area contributed by atoms with Crippen LogP contribution in [-0.2, 0) is 21.4 Å². The van der Waals surface area contributed by atoms with Crippen molar-refractivity contribution in [1.82, 2.24) is 4.72 Å². The van der Waals surface area contributed by atoms with Crippen molar-refractivity contribution < 1.29 is 18.3 Å². The molecular weight excluding hydrogens is 346 g/mol. The van der Waals surface area contributed by atoms with Gasteiger partial charge in [-0.05, 0) is 52.9 Å². The lowest BCUT2D eigenvalue weighted by atomic mass is 9.80. The van der Waals surface area contributed by atoms with E-state index in [9.17, 15) is 8.42 Å². The topological polar surface area (TPSA) is 75.6 Å². The lowest BCUT2D eigenvalue weighted by molar-refractivity contribution is -0.0659. The van der Waals surface area contributed by atoms with Crippen LogP contribution in [0.5, 0.6) is 0 Å². The van der Waals surface area contributed by atoms with E-state index in [1.165, 1.54) is 6.07 Å². The first-order valence-corrected chi connectivity index (χ1v) is 8.64. The quantitative estimate of drug-likeness (QED) is 0.807. The molecule has 5 nitrogen and oxygen atoms in total. The minimum Gasteiger partial charge on any atom is -0.392 e. The van der Waals surface area contributed by atoms with Crippen molar-refractivity contribution in [2.75, 3.05) is 13.7 Å². The molecule has 0 aliphatic heterocycles. The first kappa shape index (κ1) is 15.9. The van der Waals surface area contributed by atoms with Crippen LogP contribution in [0.3, 0.4) is 0 Å². The van der Waals surface area contributed by atoms with E-state index in [0.717, 1.165) is 19.3 Å². The molecule has 0 bridgehead atoms. The maximum atomic E-state index is 12.3. The third kappa shape index (κ3) is 3.23. The van der Waals surface area contributed by atoms with E-state index in [-0.39, 0.29) is 23.6 Å². The predicted octanol–water partition coefficient (Wildman–Crippen LogP) is 1.79. The Hall–Kier alpha value is -0.470. The molecule has 1 aromatic rings. The van der Waals surface area contributed by atoms with Gasteiger partial charge in [0, 0.05) is 18.1 Å². The van der Waals surface area contributed by atoms with Crippen molar-refractivity contribution in [3.05, 3.63) is 28.2 Å². The highest BCUT2D eigenvalue weighted by molar-refractivity contribution is 9.10. The highest BCUT2D eigenvalue weighted by Crippen LogP contribution is 2.34. The zero-order chi connectivity index (χ0) is 14.8. The van der Waals surface area contributed by atoms with Gasteiger partial charge in [0.05, 0.1) is 17.1 Å². The van der Waals surface area contributed by atoms with E-state index in [4.69, 9.17) is 9.84 Å². The first-order chi connectivity index (χ1) is 9.42. The Balaban J connectivity index is 2.18. The van der Waals surface area contributed by atoms with Crippen molar-refractivity contribution in [2.45, 2.75) is 36.4 Å². The average Bonchev–Trinajstić information content (AvgIpc) is 2.38. The lowest BCUT2D eigenvalue weighted by Gasteiger charge is -2.40. The molecule has 20 heavy (non-hydrogen) atoms. The molecule has 1 aliphatic rings. The summed E-state index contributed by atoms with van der Waals surface area (Å²) >= 11 is 3.23. The van der Waals surface area contributed by atoms with Gasteiger partial charge in [0.1, 0.15) is 0 Å². The van der Waals surface area contributed by atoms with Crippen molar-refractivity contribution in [3.63, 3.8) is 0 Å². The van der Waals surface area contributed by atoms with Crippen molar-refractivity contribution in [2.24, 2.45) is 0 Å². The summed E-state index contributed by atoms with van der Waals surface area (Å²) < 4.78 is 33.2. The summed E-state index contributed by atoms with van der Waals surface area (Å²) in [7, 11) is -2.02. The fourth-order valence-corrected chi connectivity index (χ4v) is 4.31. The summed E-state index contributed by atoms with van der Waals surface area (Å²) in [6.45, 7) is 0.0689. The summed E-state index contributed by atoms with van der Waals surface area (Å²) in [6, 6.07) is 4.76. The Bertz CT molecular complexity index is 579. The molecule has 112 valence electrons. The molecule has 2 N–H and O–H groups in total. The number of methoxy groups -OCH3 is 1. The van der Waals surface area contributed by atoms with Crippen LogP contribution in [0.2, 0.25) is 0 Å². The second-order valence-corrected chi connectivity index (χ2v) is 7.58. The highest BCUT2D eigenvalue weighted by Gasteiger charge is 2.38. The number of sulfonamides is 1. The fourth-order valence-electron chi connectivity index (χ4n) is 2.18. The SMILES string of the molecule is COC1(CNS(=O)(=O)c2cc(CO)ccc2Br)CCC1. The van der Waals surface area contributed by atoms with E-state index in [1.54, 1.807) is 19.2 Å². The number of halogens is 1. The minimum absolute atomic E-state index is 0.134. The zero-order valence-corrected chi connectivity index (χ0v) is 13.6. The third-order valence-corrected chi connectivity index (χ3v) is 6.14. The third-order valence-electron chi connectivity index (χ3n) is 3.75. The standard InChI is InChI=1S/C13H18BrNO4S/c1-19-13(5-2-6-13)9-15-20(17,18)12-7-10(8-16)3-4-11(12)14/h3-4,7,15-16H,2,5-6,8-9H2,1H3. The summed E-state index contributed by atoms with van der Waals surface area (Å²) in [5, 5.41) is 9.11. The Morgan fingerprint density at radius 2 is 2.15 bits per heavy atom.